The van der Waals surface area contributed by atoms with Crippen LogP contribution in [0.3, 0.4) is 0 Å². The molecule has 1 aliphatic rings. The number of anilines is 1. The molecule has 0 saturated heterocycles. The van der Waals surface area contributed by atoms with Crippen LogP contribution < -0.4 is 9.04 Å². The molecule has 0 fully saturated rings. The fraction of sp³-hybridized carbons (Fsp3) is 0.455. The van der Waals surface area contributed by atoms with E-state index in [4.69, 9.17) is 4.74 Å². The van der Waals surface area contributed by atoms with Crippen LogP contribution in [0.2, 0.25) is 0 Å². The van der Waals surface area contributed by atoms with Gasteiger partial charge in [0, 0.05) is 12.6 Å². The Labute approximate surface area is 108 Å². The number of sulfonamides is 1. The molecular weight excluding hydrogens is 283 g/mol. The smallest absolute Gasteiger partial charge is 0.390 e. The molecule has 4 nitrogen and oxygen atoms in total. The van der Waals surface area contributed by atoms with Crippen molar-refractivity contribution in [3.8, 4) is 5.75 Å². The monoisotopic (exact) mass is 295 g/mol. The van der Waals surface area contributed by atoms with Crippen LogP contribution in [0.5, 0.6) is 5.75 Å². The number of halogens is 3. The molecule has 1 aliphatic heterocycles. The van der Waals surface area contributed by atoms with Crippen LogP contribution in [0, 0.1) is 0 Å². The summed E-state index contributed by atoms with van der Waals surface area (Å²) in [5.74, 6) is 0.330. The average molecular weight is 295 g/mol. The van der Waals surface area contributed by atoms with Crippen molar-refractivity contribution < 1.29 is 26.3 Å². The van der Waals surface area contributed by atoms with Crippen LogP contribution in [0.4, 0.5) is 18.9 Å². The lowest BCUT2D eigenvalue weighted by atomic mass is 10.1. The second kappa shape index (κ2) is 4.29. The molecule has 1 heterocycles. The lowest BCUT2D eigenvalue weighted by Crippen LogP contribution is -2.26. The molecule has 0 N–H and O–H groups in total. The molecule has 0 bridgehead atoms. The van der Waals surface area contributed by atoms with E-state index in [0.29, 0.717) is 5.75 Å². The average Bonchev–Trinajstić information content (AvgIpc) is 2.49. The van der Waals surface area contributed by atoms with Crippen LogP contribution in [0.1, 0.15) is 17.2 Å². The fourth-order valence-corrected chi connectivity index (χ4v) is 3.85. The number of rotatable bonds is 2. The van der Waals surface area contributed by atoms with E-state index in [-0.39, 0.29) is 11.3 Å². The third-order valence-corrected chi connectivity index (χ3v) is 5.18. The van der Waals surface area contributed by atoms with E-state index in [1.807, 2.05) is 0 Å². The summed E-state index contributed by atoms with van der Waals surface area (Å²) < 4.78 is 67.5. The van der Waals surface area contributed by atoms with Crippen molar-refractivity contribution in [1.82, 2.24) is 0 Å². The maximum atomic E-state index is 12.5. The van der Waals surface area contributed by atoms with Crippen LogP contribution in [0.15, 0.2) is 18.2 Å². The number of fused-ring (bicyclic) bond motifs is 1. The Morgan fingerprint density at radius 1 is 1.37 bits per heavy atom. The highest BCUT2D eigenvalue weighted by molar-refractivity contribution is 7.93. The topological polar surface area (TPSA) is 46.6 Å². The molecule has 0 spiro atoms. The molecule has 1 atom stereocenters. The number of ether oxygens (including phenoxy) is 1. The third-order valence-electron chi connectivity index (χ3n) is 3.08. The summed E-state index contributed by atoms with van der Waals surface area (Å²) in [4.78, 5) is 0. The first-order valence-corrected chi connectivity index (χ1v) is 6.89. The summed E-state index contributed by atoms with van der Waals surface area (Å²) >= 11 is 0. The number of nitrogens with zero attached hydrogens (tertiary/aromatic N) is 1. The SMILES string of the molecule is COc1ccc2c(c1)C(CC(F)(F)F)S(=O)(=O)N2C. The Kier molecular flexibility index (Phi) is 3.16. The maximum absolute atomic E-state index is 12.5. The summed E-state index contributed by atoms with van der Waals surface area (Å²) in [5.41, 5.74) is 0.384. The zero-order valence-electron chi connectivity index (χ0n) is 10.2. The number of alkyl halides is 3. The van der Waals surface area contributed by atoms with Gasteiger partial charge < -0.3 is 4.74 Å². The minimum absolute atomic E-state index is 0.124. The molecule has 8 heteroatoms. The van der Waals surface area contributed by atoms with Crippen molar-refractivity contribution in [3.63, 3.8) is 0 Å². The first-order chi connectivity index (χ1) is 8.66. The molecule has 1 unspecified atom stereocenters. The minimum atomic E-state index is -4.55. The van der Waals surface area contributed by atoms with E-state index in [1.165, 1.54) is 32.4 Å². The predicted octanol–water partition coefficient (Wildman–Crippen LogP) is 2.47. The Balaban J connectivity index is 2.55. The van der Waals surface area contributed by atoms with E-state index >= 15 is 0 Å². The first-order valence-electron chi connectivity index (χ1n) is 5.39. The summed E-state index contributed by atoms with van der Waals surface area (Å²) in [6.07, 6.45) is -5.96. The van der Waals surface area contributed by atoms with Gasteiger partial charge >= 0.3 is 6.18 Å². The standard InChI is InChI=1S/C11H12F3NO3S/c1-15-9-4-3-7(18-2)5-8(9)10(19(15,16)17)6-11(12,13)14/h3-5,10H,6H2,1-2H3. The summed E-state index contributed by atoms with van der Waals surface area (Å²) in [7, 11) is -1.41. The van der Waals surface area contributed by atoms with Crippen molar-refractivity contribution >= 4 is 15.7 Å². The first kappa shape index (κ1) is 14.0. The number of hydrogen-bond donors (Lipinski definition) is 0. The molecule has 0 aliphatic carbocycles. The van der Waals surface area contributed by atoms with E-state index in [1.54, 1.807) is 0 Å². The molecular formula is C11H12F3NO3S. The number of benzene rings is 1. The van der Waals surface area contributed by atoms with Gasteiger partial charge in [0.05, 0.1) is 19.2 Å². The highest BCUT2D eigenvalue weighted by Crippen LogP contribution is 2.47. The van der Waals surface area contributed by atoms with Gasteiger partial charge in [-0.05, 0) is 18.2 Å². The van der Waals surface area contributed by atoms with E-state index in [0.717, 1.165) is 4.31 Å². The van der Waals surface area contributed by atoms with Crippen molar-refractivity contribution in [2.75, 3.05) is 18.5 Å². The zero-order valence-corrected chi connectivity index (χ0v) is 11.0. The number of hydrogen-bond acceptors (Lipinski definition) is 3. The highest BCUT2D eigenvalue weighted by atomic mass is 32.2. The van der Waals surface area contributed by atoms with Gasteiger partial charge in [-0.2, -0.15) is 13.2 Å². The Morgan fingerprint density at radius 2 is 2.00 bits per heavy atom. The molecule has 0 saturated carbocycles. The van der Waals surface area contributed by atoms with Crippen LogP contribution in [0.25, 0.3) is 0 Å². The predicted molar refractivity (Wildman–Crippen MR) is 63.7 cm³/mol. The Morgan fingerprint density at radius 3 is 2.53 bits per heavy atom. The quantitative estimate of drug-likeness (QED) is 0.842. The largest absolute Gasteiger partial charge is 0.497 e. The van der Waals surface area contributed by atoms with Gasteiger partial charge in [-0.25, -0.2) is 8.42 Å². The summed E-state index contributed by atoms with van der Waals surface area (Å²) in [6.45, 7) is 0. The van der Waals surface area contributed by atoms with Gasteiger partial charge in [-0.3, -0.25) is 4.31 Å². The Bertz CT molecular complexity index is 598. The minimum Gasteiger partial charge on any atom is -0.497 e. The van der Waals surface area contributed by atoms with Gasteiger partial charge in [0.1, 0.15) is 11.0 Å². The highest BCUT2D eigenvalue weighted by Gasteiger charge is 2.47. The van der Waals surface area contributed by atoms with Crippen molar-refractivity contribution in [2.45, 2.75) is 17.8 Å². The zero-order chi connectivity index (χ0) is 14.4. The van der Waals surface area contributed by atoms with Gasteiger partial charge in [0.2, 0.25) is 10.0 Å². The molecule has 19 heavy (non-hydrogen) atoms. The van der Waals surface area contributed by atoms with Gasteiger partial charge in [-0.15, -0.1) is 0 Å². The molecule has 1 aromatic rings. The summed E-state index contributed by atoms with van der Waals surface area (Å²) in [5, 5.41) is -1.61. The second-order valence-electron chi connectivity index (χ2n) is 4.25. The second-order valence-corrected chi connectivity index (χ2v) is 6.39. The molecule has 0 radical (unpaired) electrons. The lowest BCUT2D eigenvalue weighted by Gasteiger charge is -2.15. The molecule has 106 valence electrons. The van der Waals surface area contributed by atoms with Gasteiger partial charge in [-0.1, -0.05) is 0 Å². The van der Waals surface area contributed by atoms with Crippen LogP contribution in [-0.4, -0.2) is 28.8 Å². The van der Waals surface area contributed by atoms with Crippen LogP contribution in [-0.2, 0) is 10.0 Å². The fourth-order valence-electron chi connectivity index (χ4n) is 2.12. The van der Waals surface area contributed by atoms with E-state index < -0.39 is 27.9 Å². The molecule has 0 amide bonds. The molecule has 2 rings (SSSR count). The van der Waals surface area contributed by atoms with E-state index in [9.17, 15) is 21.6 Å². The van der Waals surface area contributed by atoms with E-state index in [2.05, 4.69) is 0 Å². The molecule has 0 aromatic heterocycles. The van der Waals surface area contributed by atoms with Crippen LogP contribution >= 0.6 is 0 Å². The van der Waals surface area contributed by atoms with Crippen molar-refractivity contribution in [3.05, 3.63) is 23.8 Å². The van der Waals surface area contributed by atoms with Gasteiger partial charge in [0.15, 0.2) is 0 Å². The van der Waals surface area contributed by atoms with Gasteiger partial charge in [0.25, 0.3) is 0 Å². The van der Waals surface area contributed by atoms with Crippen molar-refractivity contribution in [2.24, 2.45) is 0 Å². The lowest BCUT2D eigenvalue weighted by molar-refractivity contribution is -0.134. The summed E-state index contributed by atoms with van der Waals surface area (Å²) in [6, 6.07) is 4.30. The maximum Gasteiger partial charge on any atom is 0.390 e. The van der Waals surface area contributed by atoms with Crippen molar-refractivity contribution in [1.29, 1.82) is 0 Å². The Hall–Kier alpha value is -1.44. The normalized spacial score (nSPS) is 21.3. The number of methoxy groups -OCH3 is 1. The molecule has 1 aromatic carbocycles. The third kappa shape index (κ3) is 2.36.